The van der Waals surface area contributed by atoms with Crippen molar-refractivity contribution in [1.82, 2.24) is 9.78 Å². The summed E-state index contributed by atoms with van der Waals surface area (Å²) >= 11 is 0. The van der Waals surface area contributed by atoms with E-state index in [0.717, 1.165) is 7.05 Å². The van der Waals surface area contributed by atoms with E-state index in [4.69, 9.17) is 11.5 Å². The molecule has 122 valence electrons. The van der Waals surface area contributed by atoms with E-state index >= 15 is 0 Å². The Morgan fingerprint density at radius 2 is 1.52 bits per heavy atom. The number of nitrogens with zero attached hydrogens (tertiary/aromatic N) is 2. The Bertz CT molecular complexity index is 486. The highest BCUT2D eigenvalue weighted by molar-refractivity contribution is 5.34. The summed E-state index contributed by atoms with van der Waals surface area (Å²) < 4.78 is 78.2. The summed E-state index contributed by atoms with van der Waals surface area (Å²) in [7, 11) is 0.828. The second-order valence-electron chi connectivity index (χ2n) is 4.75. The summed E-state index contributed by atoms with van der Waals surface area (Å²) in [5.74, 6) is -1.83. The molecule has 0 saturated heterocycles. The molecule has 21 heavy (non-hydrogen) atoms. The van der Waals surface area contributed by atoms with Gasteiger partial charge in [-0.3, -0.25) is 4.68 Å². The number of aromatic nitrogens is 2. The van der Waals surface area contributed by atoms with Gasteiger partial charge in [-0.15, -0.1) is 0 Å². The Morgan fingerprint density at radius 1 is 1.05 bits per heavy atom. The van der Waals surface area contributed by atoms with Crippen molar-refractivity contribution in [1.29, 1.82) is 0 Å². The number of rotatable bonds is 4. The molecule has 4 nitrogen and oxygen atoms in total. The van der Waals surface area contributed by atoms with Gasteiger partial charge in [-0.2, -0.15) is 31.4 Å². The average molecular weight is 318 g/mol. The van der Waals surface area contributed by atoms with Crippen molar-refractivity contribution in [3.05, 3.63) is 17.0 Å². The minimum atomic E-state index is -4.99. The largest absolute Gasteiger partial charge is 0.435 e. The van der Waals surface area contributed by atoms with Gasteiger partial charge in [0.1, 0.15) is 5.69 Å². The number of hydrogen-bond donors (Lipinski definition) is 2. The SMILES string of the molecule is CC(c1c(C(F)(F)F)nn(C)c1C(F)(F)F)C(CN)CN. The third kappa shape index (κ3) is 3.49. The molecule has 0 radical (unpaired) electrons. The van der Waals surface area contributed by atoms with Crippen molar-refractivity contribution in [3.63, 3.8) is 0 Å². The van der Waals surface area contributed by atoms with E-state index in [1.165, 1.54) is 6.92 Å². The molecule has 1 aromatic heterocycles. The van der Waals surface area contributed by atoms with Crippen LogP contribution in [0.4, 0.5) is 26.3 Å². The Kier molecular flexibility index (Phi) is 4.94. The zero-order valence-electron chi connectivity index (χ0n) is 11.4. The summed E-state index contributed by atoms with van der Waals surface area (Å²) in [4.78, 5) is 0. The summed E-state index contributed by atoms with van der Waals surface area (Å²) in [6.45, 7) is 0.994. The molecule has 0 amide bonds. The molecule has 1 unspecified atom stereocenters. The van der Waals surface area contributed by atoms with E-state index in [9.17, 15) is 26.3 Å². The highest BCUT2D eigenvalue weighted by Crippen LogP contribution is 2.43. The molecule has 0 fully saturated rings. The molecule has 1 heterocycles. The van der Waals surface area contributed by atoms with Gasteiger partial charge in [-0.25, -0.2) is 0 Å². The normalized spacial score (nSPS) is 14.8. The quantitative estimate of drug-likeness (QED) is 0.835. The van der Waals surface area contributed by atoms with Crippen LogP contribution in [-0.4, -0.2) is 22.9 Å². The lowest BCUT2D eigenvalue weighted by Gasteiger charge is -2.23. The van der Waals surface area contributed by atoms with Crippen molar-refractivity contribution < 1.29 is 26.3 Å². The van der Waals surface area contributed by atoms with Gasteiger partial charge >= 0.3 is 12.4 Å². The zero-order valence-corrected chi connectivity index (χ0v) is 11.4. The summed E-state index contributed by atoms with van der Waals surface area (Å²) in [5, 5.41) is 3.01. The maximum Gasteiger partial charge on any atom is 0.435 e. The van der Waals surface area contributed by atoms with Crippen LogP contribution in [0.25, 0.3) is 0 Å². The monoisotopic (exact) mass is 318 g/mol. The second-order valence-corrected chi connectivity index (χ2v) is 4.75. The first-order chi connectivity index (χ1) is 9.45. The summed E-state index contributed by atoms with van der Waals surface area (Å²) in [6, 6.07) is 0. The molecular formula is C11H16F6N4. The second kappa shape index (κ2) is 5.84. The van der Waals surface area contributed by atoms with Gasteiger partial charge in [0.2, 0.25) is 0 Å². The van der Waals surface area contributed by atoms with Crippen LogP contribution >= 0.6 is 0 Å². The van der Waals surface area contributed by atoms with Crippen LogP contribution in [0.5, 0.6) is 0 Å². The Morgan fingerprint density at radius 3 is 1.86 bits per heavy atom. The Hall–Kier alpha value is -1.29. The molecule has 1 atom stereocenters. The molecule has 4 N–H and O–H groups in total. The van der Waals surface area contributed by atoms with Crippen LogP contribution < -0.4 is 11.5 Å². The lowest BCUT2D eigenvalue weighted by molar-refractivity contribution is -0.145. The van der Waals surface area contributed by atoms with Crippen LogP contribution in [0.3, 0.4) is 0 Å². The first kappa shape index (κ1) is 17.8. The summed E-state index contributed by atoms with van der Waals surface area (Å²) in [6.07, 6.45) is -9.94. The van der Waals surface area contributed by atoms with Crippen molar-refractivity contribution in [2.75, 3.05) is 13.1 Å². The van der Waals surface area contributed by atoms with E-state index in [2.05, 4.69) is 5.10 Å². The van der Waals surface area contributed by atoms with Crippen LogP contribution in [0.15, 0.2) is 0 Å². The predicted molar refractivity (Wildman–Crippen MR) is 63.2 cm³/mol. The third-order valence-corrected chi connectivity index (χ3v) is 3.39. The van der Waals surface area contributed by atoms with Crippen molar-refractivity contribution in [3.8, 4) is 0 Å². The van der Waals surface area contributed by atoms with Gasteiger partial charge in [0, 0.05) is 12.6 Å². The van der Waals surface area contributed by atoms with E-state index < -0.39 is 41.1 Å². The van der Waals surface area contributed by atoms with Crippen molar-refractivity contribution in [2.24, 2.45) is 24.4 Å². The topological polar surface area (TPSA) is 69.9 Å². The predicted octanol–water partition coefficient (Wildman–Crippen LogP) is 2.09. The van der Waals surface area contributed by atoms with Crippen LogP contribution in [0.1, 0.15) is 29.8 Å². The highest BCUT2D eigenvalue weighted by atomic mass is 19.4. The number of aryl methyl sites for hydroxylation is 1. The molecule has 0 bridgehead atoms. The fourth-order valence-corrected chi connectivity index (χ4v) is 2.26. The molecule has 1 rings (SSSR count). The van der Waals surface area contributed by atoms with Crippen molar-refractivity contribution in [2.45, 2.75) is 25.2 Å². The molecule has 1 aromatic rings. The van der Waals surface area contributed by atoms with Crippen LogP contribution in [0, 0.1) is 5.92 Å². The van der Waals surface area contributed by atoms with Gasteiger partial charge in [0.25, 0.3) is 0 Å². The van der Waals surface area contributed by atoms with Gasteiger partial charge in [0.05, 0.1) is 0 Å². The number of nitrogens with two attached hydrogens (primary N) is 2. The molecule has 0 aromatic carbocycles. The molecular weight excluding hydrogens is 302 g/mol. The standard InChI is InChI=1S/C11H16F6N4/c1-5(6(3-18)4-19)7-8(10(12,13)14)20-21(2)9(7)11(15,16)17/h5-6H,3-4,18-19H2,1-2H3. The maximum absolute atomic E-state index is 13.1. The molecule has 0 aliphatic heterocycles. The molecule has 0 spiro atoms. The highest BCUT2D eigenvalue weighted by Gasteiger charge is 2.47. The number of alkyl halides is 6. The molecule has 10 heteroatoms. The van der Waals surface area contributed by atoms with Gasteiger partial charge in [-0.1, -0.05) is 6.92 Å². The molecule has 0 aliphatic rings. The lowest BCUT2D eigenvalue weighted by Crippen LogP contribution is -2.30. The average Bonchev–Trinajstić information content (AvgIpc) is 2.67. The summed E-state index contributed by atoms with van der Waals surface area (Å²) in [5.41, 5.74) is 6.88. The van der Waals surface area contributed by atoms with Gasteiger partial charge in [0.15, 0.2) is 5.69 Å². The zero-order chi connectivity index (χ0) is 16.6. The van der Waals surface area contributed by atoms with Crippen molar-refractivity contribution >= 4 is 0 Å². The molecule has 0 saturated carbocycles. The van der Waals surface area contributed by atoms with E-state index in [-0.39, 0.29) is 17.8 Å². The Balaban J connectivity index is 3.58. The molecule has 0 aliphatic carbocycles. The Labute approximate surface area is 117 Å². The van der Waals surface area contributed by atoms with E-state index in [1.807, 2.05) is 0 Å². The third-order valence-electron chi connectivity index (χ3n) is 3.39. The van der Waals surface area contributed by atoms with E-state index in [1.54, 1.807) is 0 Å². The van der Waals surface area contributed by atoms with E-state index in [0.29, 0.717) is 0 Å². The minimum Gasteiger partial charge on any atom is -0.330 e. The number of hydrogen-bond acceptors (Lipinski definition) is 3. The van der Waals surface area contributed by atoms with Gasteiger partial charge in [-0.05, 0) is 24.9 Å². The first-order valence-electron chi connectivity index (χ1n) is 6.06. The first-order valence-corrected chi connectivity index (χ1v) is 6.06. The maximum atomic E-state index is 13.1. The minimum absolute atomic E-state index is 0.124. The van der Waals surface area contributed by atoms with Gasteiger partial charge < -0.3 is 11.5 Å². The smallest absolute Gasteiger partial charge is 0.330 e. The fourth-order valence-electron chi connectivity index (χ4n) is 2.26. The lowest BCUT2D eigenvalue weighted by atomic mass is 9.85. The van der Waals surface area contributed by atoms with Crippen LogP contribution in [0.2, 0.25) is 0 Å². The van der Waals surface area contributed by atoms with Crippen LogP contribution in [-0.2, 0) is 19.4 Å². The number of halogens is 6. The fraction of sp³-hybridized carbons (Fsp3) is 0.727.